The first kappa shape index (κ1) is 15.9. The molecule has 2 rings (SSSR count). The van der Waals surface area contributed by atoms with Crippen LogP contribution < -0.4 is 10.6 Å². The quantitative estimate of drug-likeness (QED) is 0.867. The number of rotatable bonds is 5. The van der Waals surface area contributed by atoms with E-state index in [0.29, 0.717) is 0 Å². The summed E-state index contributed by atoms with van der Waals surface area (Å²) in [6.45, 7) is 7.14. The Hall–Kier alpha value is -1.51. The Balaban J connectivity index is 2.37. The van der Waals surface area contributed by atoms with Gasteiger partial charge >= 0.3 is 0 Å². The highest BCUT2D eigenvalue weighted by Gasteiger charge is 2.13. The minimum atomic E-state index is 0.144. The summed E-state index contributed by atoms with van der Waals surface area (Å²) >= 11 is 6.51. The van der Waals surface area contributed by atoms with Gasteiger partial charge in [-0.05, 0) is 56.5 Å². The fourth-order valence-corrected chi connectivity index (χ4v) is 2.91. The highest BCUT2D eigenvalue weighted by molar-refractivity contribution is 6.33. The number of anilines is 2. The fraction of sp³-hybridized carbons (Fsp3) is 0.333. The second-order valence-corrected chi connectivity index (χ2v) is 5.91. The van der Waals surface area contributed by atoms with Crippen molar-refractivity contribution in [1.29, 1.82) is 0 Å². The van der Waals surface area contributed by atoms with Gasteiger partial charge in [-0.1, -0.05) is 35.9 Å². The molecule has 0 aliphatic rings. The third-order valence-corrected chi connectivity index (χ3v) is 3.89. The van der Waals surface area contributed by atoms with Gasteiger partial charge in [0.15, 0.2) is 0 Å². The zero-order chi connectivity index (χ0) is 15.4. The van der Waals surface area contributed by atoms with Gasteiger partial charge in [-0.25, -0.2) is 0 Å². The Kier molecular flexibility index (Phi) is 5.27. The van der Waals surface area contributed by atoms with E-state index < -0.39 is 0 Å². The van der Waals surface area contributed by atoms with E-state index in [9.17, 15) is 0 Å². The molecule has 0 amide bonds. The summed E-state index contributed by atoms with van der Waals surface area (Å²) in [5, 5.41) is 0.776. The molecule has 0 heterocycles. The van der Waals surface area contributed by atoms with Crippen LogP contribution in [0, 0.1) is 6.92 Å². The summed E-state index contributed by atoms with van der Waals surface area (Å²) in [5.74, 6) is 0. The van der Waals surface area contributed by atoms with Crippen LogP contribution in [-0.4, -0.2) is 12.6 Å². The minimum absolute atomic E-state index is 0.144. The minimum Gasteiger partial charge on any atom is -0.340 e. The standard InChI is InChI=1S/C18H23ClN2/c1-4-21(17-8-6-5-7-13(17)2)18-10-9-15(11-14(3)20)12-16(18)19/h5-10,12,14H,4,11,20H2,1-3H3. The van der Waals surface area contributed by atoms with Crippen molar-refractivity contribution in [3.05, 3.63) is 58.6 Å². The normalized spacial score (nSPS) is 12.2. The Morgan fingerprint density at radius 3 is 2.43 bits per heavy atom. The van der Waals surface area contributed by atoms with Crippen molar-refractivity contribution < 1.29 is 0 Å². The zero-order valence-electron chi connectivity index (χ0n) is 12.9. The van der Waals surface area contributed by atoms with Gasteiger partial charge in [-0.15, -0.1) is 0 Å². The number of nitrogens with zero attached hydrogens (tertiary/aromatic N) is 1. The molecule has 1 unspecified atom stereocenters. The van der Waals surface area contributed by atoms with E-state index in [0.717, 1.165) is 23.7 Å². The summed E-state index contributed by atoms with van der Waals surface area (Å²) in [7, 11) is 0. The van der Waals surface area contributed by atoms with E-state index in [1.165, 1.54) is 16.8 Å². The van der Waals surface area contributed by atoms with E-state index in [-0.39, 0.29) is 6.04 Å². The molecule has 2 aromatic carbocycles. The molecule has 2 nitrogen and oxygen atoms in total. The molecule has 0 aliphatic heterocycles. The average Bonchev–Trinajstić information content (AvgIpc) is 2.43. The van der Waals surface area contributed by atoms with Crippen molar-refractivity contribution in [2.45, 2.75) is 33.2 Å². The van der Waals surface area contributed by atoms with Crippen LogP contribution >= 0.6 is 11.6 Å². The van der Waals surface area contributed by atoms with E-state index in [4.69, 9.17) is 17.3 Å². The highest BCUT2D eigenvalue weighted by Crippen LogP contribution is 2.34. The number of hydrogen-bond acceptors (Lipinski definition) is 2. The fourth-order valence-electron chi connectivity index (χ4n) is 2.60. The molecule has 0 saturated heterocycles. The van der Waals surface area contributed by atoms with Crippen LogP contribution in [0.4, 0.5) is 11.4 Å². The van der Waals surface area contributed by atoms with Crippen LogP contribution in [0.15, 0.2) is 42.5 Å². The van der Waals surface area contributed by atoms with Crippen LogP contribution in [-0.2, 0) is 6.42 Å². The van der Waals surface area contributed by atoms with Gasteiger partial charge in [-0.2, -0.15) is 0 Å². The maximum absolute atomic E-state index is 6.51. The molecule has 0 spiro atoms. The lowest BCUT2D eigenvalue weighted by atomic mass is 10.1. The van der Waals surface area contributed by atoms with Gasteiger partial charge in [0.05, 0.1) is 10.7 Å². The van der Waals surface area contributed by atoms with Crippen LogP contribution in [0.1, 0.15) is 25.0 Å². The van der Waals surface area contributed by atoms with Crippen molar-refractivity contribution in [1.82, 2.24) is 0 Å². The largest absolute Gasteiger partial charge is 0.340 e. The van der Waals surface area contributed by atoms with Gasteiger partial charge in [0.2, 0.25) is 0 Å². The number of para-hydroxylation sites is 1. The van der Waals surface area contributed by atoms with E-state index in [2.05, 4.69) is 55.1 Å². The lowest BCUT2D eigenvalue weighted by molar-refractivity contribution is 0.738. The first-order chi connectivity index (χ1) is 10.0. The molecule has 0 radical (unpaired) electrons. The number of nitrogens with two attached hydrogens (primary N) is 1. The second kappa shape index (κ2) is 6.97. The number of halogens is 1. The summed E-state index contributed by atoms with van der Waals surface area (Å²) in [4.78, 5) is 2.24. The third kappa shape index (κ3) is 3.78. The van der Waals surface area contributed by atoms with Gasteiger partial charge in [0, 0.05) is 18.3 Å². The average molecular weight is 303 g/mol. The Labute approximate surface area is 132 Å². The first-order valence-corrected chi connectivity index (χ1v) is 7.78. The van der Waals surface area contributed by atoms with Crippen LogP contribution in [0.25, 0.3) is 0 Å². The third-order valence-electron chi connectivity index (χ3n) is 3.58. The van der Waals surface area contributed by atoms with Crippen LogP contribution in [0.3, 0.4) is 0 Å². The Morgan fingerprint density at radius 2 is 1.86 bits per heavy atom. The Bertz CT molecular complexity index is 608. The molecule has 0 fully saturated rings. The van der Waals surface area contributed by atoms with Gasteiger partial charge in [0.25, 0.3) is 0 Å². The highest BCUT2D eigenvalue weighted by atomic mass is 35.5. The van der Waals surface area contributed by atoms with Crippen molar-refractivity contribution in [2.24, 2.45) is 5.73 Å². The predicted octanol–water partition coefficient (Wildman–Crippen LogP) is 4.70. The number of hydrogen-bond donors (Lipinski definition) is 1. The second-order valence-electron chi connectivity index (χ2n) is 5.50. The maximum Gasteiger partial charge on any atom is 0.0645 e. The summed E-state index contributed by atoms with van der Waals surface area (Å²) in [6, 6.07) is 14.7. The lowest BCUT2D eigenvalue weighted by Crippen LogP contribution is -2.19. The molecule has 0 aliphatic carbocycles. The molecule has 1 atom stereocenters. The van der Waals surface area contributed by atoms with Gasteiger partial charge < -0.3 is 10.6 Å². The van der Waals surface area contributed by atoms with Crippen molar-refractivity contribution in [3.63, 3.8) is 0 Å². The topological polar surface area (TPSA) is 29.3 Å². The SMILES string of the molecule is CCN(c1ccccc1C)c1ccc(CC(C)N)cc1Cl. The van der Waals surface area contributed by atoms with Crippen molar-refractivity contribution >= 4 is 23.0 Å². The zero-order valence-corrected chi connectivity index (χ0v) is 13.7. The monoisotopic (exact) mass is 302 g/mol. The van der Waals surface area contributed by atoms with E-state index in [1.807, 2.05) is 13.0 Å². The van der Waals surface area contributed by atoms with E-state index in [1.54, 1.807) is 0 Å². The first-order valence-electron chi connectivity index (χ1n) is 7.40. The molecule has 0 aromatic heterocycles. The summed E-state index contributed by atoms with van der Waals surface area (Å²) < 4.78 is 0. The molecule has 0 bridgehead atoms. The van der Waals surface area contributed by atoms with Crippen molar-refractivity contribution in [2.75, 3.05) is 11.4 Å². The number of benzene rings is 2. The van der Waals surface area contributed by atoms with Gasteiger partial charge in [0.1, 0.15) is 0 Å². The Morgan fingerprint density at radius 1 is 1.14 bits per heavy atom. The maximum atomic E-state index is 6.51. The van der Waals surface area contributed by atoms with E-state index >= 15 is 0 Å². The summed E-state index contributed by atoms with van der Waals surface area (Å²) in [6.07, 6.45) is 0.844. The molecular weight excluding hydrogens is 280 g/mol. The smallest absolute Gasteiger partial charge is 0.0645 e. The molecule has 2 aromatic rings. The van der Waals surface area contributed by atoms with Crippen LogP contribution in [0.2, 0.25) is 5.02 Å². The van der Waals surface area contributed by atoms with Crippen molar-refractivity contribution in [3.8, 4) is 0 Å². The number of aryl methyl sites for hydroxylation is 1. The molecular formula is C18H23ClN2. The lowest BCUT2D eigenvalue weighted by Gasteiger charge is -2.26. The van der Waals surface area contributed by atoms with Crippen LogP contribution in [0.5, 0.6) is 0 Å². The molecule has 3 heteroatoms. The molecule has 112 valence electrons. The van der Waals surface area contributed by atoms with Gasteiger partial charge in [-0.3, -0.25) is 0 Å². The molecule has 21 heavy (non-hydrogen) atoms. The predicted molar refractivity (Wildman–Crippen MR) is 92.7 cm³/mol. The molecule has 0 saturated carbocycles. The molecule has 2 N–H and O–H groups in total. The summed E-state index contributed by atoms with van der Waals surface area (Å²) in [5.41, 5.74) is 10.5.